The molecule has 0 fully saturated rings. The minimum atomic E-state index is 0.604. The van der Waals surface area contributed by atoms with Crippen LogP contribution in [0.25, 0.3) is 12.2 Å². The Bertz CT molecular complexity index is 701. The summed E-state index contributed by atoms with van der Waals surface area (Å²) in [7, 11) is 0. The Kier molecular flexibility index (Phi) is 1.85. The third-order valence-corrected chi connectivity index (χ3v) is 3.25. The highest BCUT2D eigenvalue weighted by atomic mass is 15.2. The zero-order valence-corrected chi connectivity index (χ0v) is 9.67. The molecule has 0 aliphatic carbocycles. The Morgan fingerprint density at radius 1 is 1.17 bits per heavy atom. The first-order valence-electron chi connectivity index (χ1n) is 5.90. The topological polar surface area (TPSA) is 41.2 Å². The number of aliphatic imine (C=N–C) groups is 1. The molecule has 0 saturated heterocycles. The van der Waals surface area contributed by atoms with Gasteiger partial charge in [0.1, 0.15) is 5.69 Å². The van der Waals surface area contributed by atoms with Crippen LogP contribution < -0.4 is 9.88 Å². The van der Waals surface area contributed by atoms with Crippen LogP contribution in [0.2, 0.25) is 0 Å². The largest absolute Gasteiger partial charge is 0.275 e. The molecule has 2 aliphatic heterocycles. The van der Waals surface area contributed by atoms with Crippen LogP contribution in [-0.4, -0.2) is 17.5 Å². The number of fused-ring (bicyclic) bond motifs is 2. The van der Waals surface area contributed by atoms with E-state index in [-0.39, 0.29) is 0 Å². The van der Waals surface area contributed by atoms with Gasteiger partial charge in [-0.05, 0) is 23.8 Å². The van der Waals surface area contributed by atoms with Crippen LogP contribution in [0.15, 0.2) is 41.7 Å². The monoisotopic (exact) mass is 235 g/mol. The molecule has 4 heteroatoms. The lowest BCUT2D eigenvalue weighted by molar-refractivity contribution is -0.542. The van der Waals surface area contributed by atoms with E-state index in [9.17, 15) is 0 Å². The number of hydrogen-bond donors (Lipinski definition) is 1. The van der Waals surface area contributed by atoms with E-state index in [4.69, 9.17) is 0 Å². The molecule has 0 radical (unpaired) electrons. The van der Waals surface area contributed by atoms with E-state index in [2.05, 4.69) is 50.2 Å². The van der Waals surface area contributed by atoms with Gasteiger partial charge in [0.05, 0.1) is 5.56 Å². The van der Waals surface area contributed by atoms with E-state index in [1.54, 1.807) is 0 Å². The van der Waals surface area contributed by atoms with Crippen LogP contribution in [0.4, 0.5) is 5.82 Å². The van der Waals surface area contributed by atoms with E-state index in [0.29, 0.717) is 6.67 Å². The Morgan fingerprint density at radius 2 is 2.17 bits per heavy atom. The number of nitrogens with zero attached hydrogens (tertiary/aromatic N) is 3. The molecular formula is C14H11N4+. The minimum absolute atomic E-state index is 0.604. The molecule has 0 unspecified atom stereocenters. The third kappa shape index (κ3) is 1.23. The molecule has 0 spiro atoms. The summed E-state index contributed by atoms with van der Waals surface area (Å²) in [5.74, 6) is 2.03. The van der Waals surface area contributed by atoms with Gasteiger partial charge in [-0.15, -0.1) is 4.99 Å². The van der Waals surface area contributed by atoms with Crippen molar-refractivity contribution >= 4 is 23.8 Å². The molecule has 0 aromatic carbocycles. The van der Waals surface area contributed by atoms with E-state index < -0.39 is 0 Å². The second kappa shape index (κ2) is 3.50. The number of aromatic nitrogens is 2. The van der Waals surface area contributed by atoms with Gasteiger partial charge >= 0.3 is 0 Å². The number of nitrogens with one attached hydrogen (secondary N) is 1. The van der Waals surface area contributed by atoms with E-state index in [1.807, 2.05) is 18.5 Å². The van der Waals surface area contributed by atoms with Gasteiger partial charge in [-0.1, -0.05) is 12.1 Å². The Morgan fingerprint density at radius 3 is 3.17 bits per heavy atom. The van der Waals surface area contributed by atoms with E-state index in [0.717, 1.165) is 28.5 Å². The van der Waals surface area contributed by atoms with Crippen molar-refractivity contribution in [1.29, 1.82) is 0 Å². The first-order chi connectivity index (χ1) is 8.93. The van der Waals surface area contributed by atoms with Crippen molar-refractivity contribution in [3.05, 3.63) is 53.5 Å². The van der Waals surface area contributed by atoms with Crippen LogP contribution in [0.3, 0.4) is 0 Å². The molecule has 4 nitrogen and oxygen atoms in total. The average Bonchev–Trinajstić information content (AvgIpc) is 2.60. The maximum absolute atomic E-state index is 4.59. The highest BCUT2D eigenvalue weighted by molar-refractivity contribution is 5.99. The first-order valence-corrected chi connectivity index (χ1v) is 5.90. The van der Waals surface area contributed by atoms with Crippen LogP contribution >= 0.6 is 0 Å². The zero-order chi connectivity index (χ0) is 11.9. The fourth-order valence-electron chi connectivity index (χ4n) is 2.41. The molecule has 86 valence electrons. The van der Waals surface area contributed by atoms with Crippen molar-refractivity contribution in [2.75, 3.05) is 12.0 Å². The van der Waals surface area contributed by atoms with Gasteiger partial charge in [0.2, 0.25) is 12.5 Å². The Balaban J connectivity index is 2.10. The van der Waals surface area contributed by atoms with Crippen LogP contribution in [-0.2, 0) is 0 Å². The van der Waals surface area contributed by atoms with Crippen molar-refractivity contribution in [2.24, 2.45) is 4.99 Å². The summed E-state index contributed by atoms with van der Waals surface area (Å²) in [5, 5.41) is 3.28. The smallest absolute Gasteiger partial charge is 0.272 e. The standard InChI is InChI=1S/C14H10N4/c1-2-11-5-4-10-6-7-15-8-12(10)14-17-9-16-13(3-1)18(11)14/h1-8H,9H2/p+1. The van der Waals surface area contributed by atoms with Crippen molar-refractivity contribution < 1.29 is 4.57 Å². The molecule has 1 N–H and O–H groups in total. The maximum Gasteiger partial charge on any atom is 0.275 e. The molecule has 18 heavy (non-hydrogen) atoms. The summed E-state index contributed by atoms with van der Waals surface area (Å²) < 4.78 is 2.13. The van der Waals surface area contributed by atoms with Gasteiger partial charge < -0.3 is 0 Å². The molecule has 4 rings (SSSR count). The van der Waals surface area contributed by atoms with Crippen molar-refractivity contribution in [2.45, 2.75) is 0 Å². The average molecular weight is 235 g/mol. The summed E-state index contributed by atoms with van der Waals surface area (Å²) in [6.45, 7) is 0.604. The molecule has 2 aromatic heterocycles. The van der Waals surface area contributed by atoms with E-state index in [1.165, 1.54) is 0 Å². The number of hydrogen-bond acceptors (Lipinski definition) is 3. The fourth-order valence-corrected chi connectivity index (χ4v) is 2.41. The summed E-state index contributed by atoms with van der Waals surface area (Å²) in [6, 6.07) is 8.22. The second-order valence-corrected chi connectivity index (χ2v) is 4.28. The summed E-state index contributed by atoms with van der Waals surface area (Å²) in [6.07, 6.45) is 7.91. The van der Waals surface area contributed by atoms with Crippen molar-refractivity contribution in [3.8, 4) is 0 Å². The summed E-state index contributed by atoms with van der Waals surface area (Å²) >= 11 is 0. The van der Waals surface area contributed by atoms with Gasteiger partial charge in [-0.3, -0.25) is 10.3 Å². The number of rotatable bonds is 0. The Hall–Kier alpha value is -2.49. The maximum atomic E-state index is 4.59. The first kappa shape index (κ1) is 9.53. The molecule has 4 heterocycles. The zero-order valence-electron chi connectivity index (χ0n) is 9.67. The fraction of sp³-hybridized carbons (Fsp3) is 0.0714. The van der Waals surface area contributed by atoms with Gasteiger partial charge in [0.25, 0.3) is 5.84 Å². The minimum Gasteiger partial charge on any atom is -0.272 e. The molecule has 2 aliphatic rings. The van der Waals surface area contributed by atoms with Gasteiger partial charge in [-0.2, -0.15) is 4.57 Å². The van der Waals surface area contributed by atoms with Crippen LogP contribution in [0.1, 0.15) is 16.8 Å². The summed E-state index contributed by atoms with van der Waals surface area (Å²) in [5.41, 5.74) is 3.35. The lowest BCUT2D eigenvalue weighted by Gasteiger charge is -2.14. The normalized spacial score (nSPS) is 15.0. The lowest BCUT2D eigenvalue weighted by Crippen LogP contribution is -2.51. The molecule has 0 saturated carbocycles. The lowest BCUT2D eigenvalue weighted by atomic mass is 10.1. The number of anilines is 1. The van der Waals surface area contributed by atoms with Gasteiger partial charge in [0.15, 0.2) is 0 Å². The molecular weight excluding hydrogens is 224 g/mol. The van der Waals surface area contributed by atoms with E-state index >= 15 is 0 Å². The highest BCUT2D eigenvalue weighted by Crippen LogP contribution is 2.19. The predicted molar refractivity (Wildman–Crippen MR) is 70.2 cm³/mol. The second-order valence-electron chi connectivity index (χ2n) is 4.28. The molecule has 0 bridgehead atoms. The third-order valence-electron chi connectivity index (χ3n) is 3.25. The highest BCUT2D eigenvalue weighted by Gasteiger charge is 2.27. The SMILES string of the molecule is C1=Cc2cccc3[n+]2C(=NCN3)c2cnccc21. The quantitative estimate of drug-likeness (QED) is 0.600. The number of pyridine rings is 2. The summed E-state index contributed by atoms with van der Waals surface area (Å²) in [4.78, 5) is 8.81. The molecule has 0 atom stereocenters. The van der Waals surface area contributed by atoms with Crippen molar-refractivity contribution in [3.63, 3.8) is 0 Å². The van der Waals surface area contributed by atoms with Gasteiger partial charge in [-0.25, -0.2) is 0 Å². The molecule has 2 aromatic rings. The van der Waals surface area contributed by atoms with Gasteiger partial charge in [0, 0.05) is 18.5 Å². The van der Waals surface area contributed by atoms with Crippen molar-refractivity contribution in [1.82, 2.24) is 4.98 Å². The van der Waals surface area contributed by atoms with Crippen LogP contribution in [0, 0.1) is 0 Å². The predicted octanol–water partition coefficient (Wildman–Crippen LogP) is 1.53. The van der Waals surface area contributed by atoms with Crippen LogP contribution in [0.5, 0.6) is 0 Å². The molecule has 0 amide bonds. The Labute approximate surface area is 104 Å².